The van der Waals surface area contributed by atoms with Crippen LogP contribution in [-0.4, -0.2) is 39.7 Å². The molecule has 3 rings (SSSR count). The zero-order valence-corrected chi connectivity index (χ0v) is 10.1. The van der Waals surface area contributed by atoms with Crippen molar-refractivity contribution in [2.24, 2.45) is 0 Å². The van der Waals surface area contributed by atoms with E-state index >= 15 is 0 Å². The normalized spacial score (nSPS) is 24.4. The third-order valence-electron chi connectivity index (χ3n) is 3.58. The summed E-state index contributed by atoms with van der Waals surface area (Å²) in [4.78, 5) is 13.5. The molecule has 1 aromatic rings. The second-order valence-electron chi connectivity index (χ2n) is 4.81. The lowest BCUT2D eigenvalue weighted by atomic mass is 10.1. The van der Waals surface area contributed by atoms with E-state index < -0.39 is 11.9 Å². The molecule has 3 heterocycles. The molecule has 8 heteroatoms. The molecule has 5 nitrogen and oxygen atoms in total. The smallest absolute Gasteiger partial charge is 0.355 e. The highest BCUT2D eigenvalue weighted by Crippen LogP contribution is 2.30. The van der Waals surface area contributed by atoms with E-state index in [1.165, 1.54) is 4.68 Å². The second-order valence-corrected chi connectivity index (χ2v) is 4.81. The number of halogens is 3. The summed E-state index contributed by atoms with van der Waals surface area (Å²) < 4.78 is 39.1. The summed E-state index contributed by atoms with van der Waals surface area (Å²) in [5.74, 6) is -0.0380. The molecule has 0 bridgehead atoms. The largest absolute Gasteiger partial charge is 0.435 e. The van der Waals surface area contributed by atoms with E-state index in [4.69, 9.17) is 0 Å². The van der Waals surface area contributed by atoms with Crippen LogP contribution in [0.4, 0.5) is 13.2 Å². The molecule has 1 atom stereocenters. The molecule has 2 aliphatic heterocycles. The van der Waals surface area contributed by atoms with Gasteiger partial charge in [-0.3, -0.25) is 14.4 Å². The third-order valence-corrected chi connectivity index (χ3v) is 3.58. The quantitative estimate of drug-likeness (QED) is 0.816. The van der Waals surface area contributed by atoms with Gasteiger partial charge < -0.3 is 5.32 Å². The average molecular weight is 274 g/mol. The van der Waals surface area contributed by atoms with Crippen molar-refractivity contribution in [3.63, 3.8) is 0 Å². The van der Waals surface area contributed by atoms with Gasteiger partial charge in [0.05, 0.1) is 18.3 Å². The van der Waals surface area contributed by atoms with Crippen LogP contribution in [0.25, 0.3) is 0 Å². The Balaban J connectivity index is 1.80. The molecule has 0 aromatic carbocycles. The van der Waals surface area contributed by atoms with E-state index in [1.807, 2.05) is 4.90 Å². The molecule has 0 aliphatic carbocycles. The fourth-order valence-electron chi connectivity index (χ4n) is 2.62. The molecule has 0 spiro atoms. The highest BCUT2D eigenvalue weighted by molar-refractivity contribution is 5.83. The van der Waals surface area contributed by atoms with Crippen molar-refractivity contribution in [2.75, 3.05) is 13.1 Å². The number of nitrogens with one attached hydrogen (secondary N) is 1. The summed E-state index contributed by atoms with van der Waals surface area (Å²) in [6.45, 7) is 1.90. The summed E-state index contributed by atoms with van der Waals surface area (Å²) in [5, 5.41) is 6.30. The summed E-state index contributed by atoms with van der Waals surface area (Å²) >= 11 is 0. The highest BCUT2D eigenvalue weighted by atomic mass is 19.4. The van der Waals surface area contributed by atoms with Gasteiger partial charge in [-0.2, -0.15) is 18.3 Å². The average Bonchev–Trinajstić information content (AvgIpc) is 2.92. The van der Waals surface area contributed by atoms with E-state index in [2.05, 4.69) is 10.4 Å². The maximum atomic E-state index is 12.6. The monoisotopic (exact) mass is 274 g/mol. The van der Waals surface area contributed by atoms with Crippen LogP contribution in [0.5, 0.6) is 0 Å². The minimum atomic E-state index is -4.42. The SMILES string of the molecule is O=C1NCCC1N1CCn2nc(C(F)(F)F)cc2C1. The molecule has 0 radical (unpaired) electrons. The Labute approximate surface area is 107 Å². The minimum Gasteiger partial charge on any atom is -0.355 e. The van der Waals surface area contributed by atoms with Crippen molar-refractivity contribution in [2.45, 2.75) is 31.7 Å². The van der Waals surface area contributed by atoms with Crippen LogP contribution in [0.2, 0.25) is 0 Å². The molecule has 2 aliphatic rings. The van der Waals surface area contributed by atoms with Crippen LogP contribution in [0, 0.1) is 0 Å². The van der Waals surface area contributed by atoms with Gasteiger partial charge >= 0.3 is 6.18 Å². The highest BCUT2D eigenvalue weighted by Gasteiger charge is 2.37. The van der Waals surface area contributed by atoms with Gasteiger partial charge in [-0.15, -0.1) is 0 Å². The molecule has 0 saturated carbocycles. The number of rotatable bonds is 1. The summed E-state index contributed by atoms with van der Waals surface area (Å²) in [6.07, 6.45) is -3.71. The maximum absolute atomic E-state index is 12.6. The summed E-state index contributed by atoms with van der Waals surface area (Å²) in [7, 11) is 0. The number of hydrogen-bond acceptors (Lipinski definition) is 3. The molecular weight excluding hydrogens is 261 g/mol. The van der Waals surface area contributed by atoms with E-state index in [9.17, 15) is 18.0 Å². The van der Waals surface area contributed by atoms with Gasteiger partial charge in [-0.05, 0) is 12.5 Å². The third kappa shape index (κ3) is 2.20. The number of fused-ring (bicyclic) bond motifs is 1. The minimum absolute atomic E-state index is 0.0380. The van der Waals surface area contributed by atoms with Crippen molar-refractivity contribution < 1.29 is 18.0 Å². The number of nitrogens with zero attached hydrogens (tertiary/aromatic N) is 3. The van der Waals surface area contributed by atoms with Gasteiger partial charge in [0.25, 0.3) is 0 Å². The van der Waals surface area contributed by atoms with Crippen LogP contribution in [0.3, 0.4) is 0 Å². The molecular formula is C11H13F3N4O. The van der Waals surface area contributed by atoms with Crippen LogP contribution in [0.1, 0.15) is 17.8 Å². The molecule has 104 valence electrons. The second kappa shape index (κ2) is 4.22. The van der Waals surface area contributed by atoms with E-state index in [0.717, 1.165) is 6.07 Å². The topological polar surface area (TPSA) is 50.2 Å². The van der Waals surface area contributed by atoms with E-state index in [0.29, 0.717) is 38.3 Å². The van der Waals surface area contributed by atoms with Crippen LogP contribution >= 0.6 is 0 Å². The summed E-state index contributed by atoms with van der Waals surface area (Å²) in [6, 6.07) is 0.844. The Bertz CT molecular complexity index is 511. The zero-order chi connectivity index (χ0) is 13.6. The van der Waals surface area contributed by atoms with E-state index in [1.54, 1.807) is 0 Å². The number of amides is 1. The predicted octanol–water partition coefficient (Wildman–Crippen LogP) is 0.606. The van der Waals surface area contributed by atoms with Gasteiger partial charge in [-0.25, -0.2) is 0 Å². The number of aromatic nitrogens is 2. The first-order valence-electron chi connectivity index (χ1n) is 6.11. The molecule has 1 N–H and O–H groups in total. The van der Waals surface area contributed by atoms with Gasteiger partial charge in [0.2, 0.25) is 5.91 Å². The Morgan fingerprint density at radius 1 is 1.37 bits per heavy atom. The molecule has 1 amide bonds. The lowest BCUT2D eigenvalue weighted by Gasteiger charge is -2.30. The van der Waals surface area contributed by atoms with Gasteiger partial charge in [0, 0.05) is 19.6 Å². The Morgan fingerprint density at radius 2 is 2.16 bits per heavy atom. The first kappa shape index (κ1) is 12.5. The number of alkyl halides is 3. The molecule has 1 saturated heterocycles. The van der Waals surface area contributed by atoms with Crippen LogP contribution < -0.4 is 5.32 Å². The standard InChI is InChI=1S/C11H13F3N4O/c12-11(13,14)9-5-7-6-17(3-4-18(7)16-9)8-1-2-15-10(8)19/h5,8H,1-4,6H2,(H,15,19). The van der Waals surface area contributed by atoms with Crippen LogP contribution in [-0.2, 0) is 24.1 Å². The first-order valence-corrected chi connectivity index (χ1v) is 6.11. The number of hydrogen-bond donors (Lipinski definition) is 1. The zero-order valence-electron chi connectivity index (χ0n) is 10.1. The Kier molecular flexibility index (Phi) is 2.77. The van der Waals surface area contributed by atoms with Crippen molar-refractivity contribution in [1.82, 2.24) is 20.0 Å². The Morgan fingerprint density at radius 3 is 2.79 bits per heavy atom. The van der Waals surface area contributed by atoms with Crippen molar-refractivity contribution >= 4 is 5.91 Å². The summed E-state index contributed by atoms with van der Waals surface area (Å²) in [5.41, 5.74) is -0.349. The van der Waals surface area contributed by atoms with Gasteiger partial charge in [0.1, 0.15) is 0 Å². The lowest BCUT2D eigenvalue weighted by Crippen LogP contribution is -2.44. The van der Waals surface area contributed by atoms with Gasteiger partial charge in [0.15, 0.2) is 5.69 Å². The molecule has 19 heavy (non-hydrogen) atoms. The molecule has 1 unspecified atom stereocenters. The van der Waals surface area contributed by atoms with Crippen molar-refractivity contribution in [3.05, 3.63) is 17.5 Å². The van der Waals surface area contributed by atoms with Crippen molar-refractivity contribution in [3.8, 4) is 0 Å². The first-order chi connectivity index (χ1) is 8.95. The van der Waals surface area contributed by atoms with Crippen molar-refractivity contribution in [1.29, 1.82) is 0 Å². The number of carbonyl (C=O) groups is 1. The van der Waals surface area contributed by atoms with Crippen LogP contribution in [0.15, 0.2) is 6.07 Å². The molecule has 1 aromatic heterocycles. The fraction of sp³-hybridized carbons (Fsp3) is 0.636. The molecule has 1 fully saturated rings. The Hall–Kier alpha value is -1.57. The number of carbonyl (C=O) groups excluding carboxylic acids is 1. The predicted molar refractivity (Wildman–Crippen MR) is 59.1 cm³/mol. The fourth-order valence-corrected chi connectivity index (χ4v) is 2.62. The van der Waals surface area contributed by atoms with E-state index in [-0.39, 0.29) is 11.9 Å². The van der Waals surface area contributed by atoms with Gasteiger partial charge in [-0.1, -0.05) is 0 Å². The maximum Gasteiger partial charge on any atom is 0.435 e. The lowest BCUT2D eigenvalue weighted by molar-refractivity contribution is -0.141.